The van der Waals surface area contributed by atoms with Gasteiger partial charge in [-0.05, 0) is 37.4 Å². The minimum Gasteiger partial charge on any atom is -0.309 e. The Morgan fingerprint density at radius 2 is 1.70 bits per heavy atom. The molecule has 1 aromatic heterocycles. The van der Waals surface area contributed by atoms with Gasteiger partial charge in [0.2, 0.25) is 0 Å². The average Bonchev–Trinajstić information content (AvgIpc) is 2.56. The van der Waals surface area contributed by atoms with Crippen LogP contribution in [0.25, 0.3) is 10.9 Å². The molecule has 0 amide bonds. The lowest BCUT2D eigenvalue weighted by molar-refractivity contribution is 0.437. The number of fused-ring (bicyclic) bond motifs is 1. The van der Waals surface area contributed by atoms with Gasteiger partial charge in [-0.3, -0.25) is 0 Å². The summed E-state index contributed by atoms with van der Waals surface area (Å²) in [5.74, 6) is 1.06. The number of hydrogen-bond acceptors (Lipinski definition) is 3. The van der Waals surface area contributed by atoms with Gasteiger partial charge < -0.3 is 4.90 Å². The van der Waals surface area contributed by atoms with Crippen LogP contribution in [0, 0.1) is 0 Å². The van der Waals surface area contributed by atoms with Crippen molar-refractivity contribution in [3.63, 3.8) is 0 Å². The molecule has 0 unspecified atom stereocenters. The molecule has 2 nitrogen and oxygen atoms in total. The average molecular weight is 322 g/mol. The summed E-state index contributed by atoms with van der Waals surface area (Å²) in [5.41, 5.74) is 3.73. The zero-order valence-corrected chi connectivity index (χ0v) is 14.5. The van der Waals surface area contributed by atoms with Crippen molar-refractivity contribution in [3.05, 3.63) is 71.8 Å². The molecule has 3 aromatic rings. The van der Waals surface area contributed by atoms with Crippen molar-refractivity contribution in [3.8, 4) is 0 Å². The quantitative estimate of drug-likeness (QED) is 0.623. The number of nitrogens with zero attached hydrogens (tertiary/aromatic N) is 2. The first-order valence-electron chi connectivity index (χ1n) is 7.92. The Morgan fingerprint density at radius 3 is 2.48 bits per heavy atom. The second-order valence-electron chi connectivity index (χ2n) is 5.96. The van der Waals surface area contributed by atoms with E-state index >= 15 is 0 Å². The minimum absolute atomic E-state index is 0.934. The first-order valence-corrected chi connectivity index (χ1v) is 8.91. The van der Waals surface area contributed by atoms with Crippen LogP contribution in [0.2, 0.25) is 0 Å². The first-order chi connectivity index (χ1) is 11.2. The van der Waals surface area contributed by atoms with Gasteiger partial charge >= 0.3 is 0 Å². The highest BCUT2D eigenvalue weighted by atomic mass is 32.2. The molecule has 0 saturated carbocycles. The van der Waals surface area contributed by atoms with Crippen LogP contribution in [-0.4, -0.2) is 36.3 Å². The fourth-order valence-corrected chi connectivity index (χ4v) is 3.66. The van der Waals surface area contributed by atoms with Crippen molar-refractivity contribution in [2.45, 2.75) is 11.4 Å². The van der Waals surface area contributed by atoms with Gasteiger partial charge in [0.15, 0.2) is 0 Å². The van der Waals surface area contributed by atoms with Crippen LogP contribution in [0.3, 0.4) is 0 Å². The number of thioether (sulfide) groups is 1. The van der Waals surface area contributed by atoms with E-state index in [4.69, 9.17) is 4.98 Å². The zero-order chi connectivity index (χ0) is 16.1. The van der Waals surface area contributed by atoms with E-state index in [1.54, 1.807) is 0 Å². The van der Waals surface area contributed by atoms with Crippen LogP contribution < -0.4 is 0 Å². The van der Waals surface area contributed by atoms with E-state index in [0.717, 1.165) is 29.3 Å². The van der Waals surface area contributed by atoms with Gasteiger partial charge in [0.05, 0.1) is 5.52 Å². The van der Waals surface area contributed by atoms with Crippen LogP contribution in [0.1, 0.15) is 11.1 Å². The number of benzene rings is 2. The highest BCUT2D eigenvalue weighted by molar-refractivity contribution is 7.99. The van der Waals surface area contributed by atoms with Crippen LogP contribution in [0.4, 0.5) is 0 Å². The van der Waals surface area contributed by atoms with Gasteiger partial charge in [-0.1, -0.05) is 48.5 Å². The van der Waals surface area contributed by atoms with Crippen molar-refractivity contribution in [1.29, 1.82) is 0 Å². The molecular formula is C20H22N2S. The lowest BCUT2D eigenvalue weighted by Gasteiger charge is -2.12. The lowest BCUT2D eigenvalue weighted by atomic mass is 10.0. The monoisotopic (exact) mass is 322 g/mol. The standard InChI is InChI=1S/C20H22N2S/c1-22(2)12-13-23-20-18(14-16-8-4-3-5-9-16)15-17-10-6-7-11-19(17)21-20/h3-11,15H,12-14H2,1-2H3. The molecule has 0 N–H and O–H groups in total. The summed E-state index contributed by atoms with van der Waals surface area (Å²) in [4.78, 5) is 7.13. The summed E-state index contributed by atoms with van der Waals surface area (Å²) >= 11 is 1.86. The second-order valence-corrected chi connectivity index (χ2v) is 7.04. The molecule has 1 heterocycles. The predicted octanol–water partition coefficient (Wildman–Crippen LogP) is 4.48. The van der Waals surface area contributed by atoms with Gasteiger partial charge in [0.1, 0.15) is 5.03 Å². The Hall–Kier alpha value is -1.84. The third-order valence-corrected chi connectivity index (χ3v) is 4.79. The zero-order valence-electron chi connectivity index (χ0n) is 13.7. The molecule has 118 valence electrons. The summed E-state index contributed by atoms with van der Waals surface area (Å²) in [6.45, 7) is 1.06. The van der Waals surface area contributed by atoms with Crippen molar-refractivity contribution in [1.82, 2.24) is 9.88 Å². The summed E-state index contributed by atoms with van der Waals surface area (Å²) < 4.78 is 0. The Morgan fingerprint density at radius 1 is 0.957 bits per heavy atom. The van der Waals surface area contributed by atoms with Gasteiger partial charge in [-0.25, -0.2) is 4.98 Å². The lowest BCUT2D eigenvalue weighted by Crippen LogP contribution is -2.15. The summed E-state index contributed by atoms with van der Waals surface area (Å²) in [6.07, 6.45) is 0.934. The summed E-state index contributed by atoms with van der Waals surface area (Å²) in [6, 6.07) is 21.3. The fraction of sp³-hybridized carbons (Fsp3) is 0.250. The highest BCUT2D eigenvalue weighted by Crippen LogP contribution is 2.27. The molecular weight excluding hydrogens is 300 g/mol. The molecule has 0 aliphatic rings. The smallest absolute Gasteiger partial charge is 0.100 e. The highest BCUT2D eigenvalue weighted by Gasteiger charge is 2.09. The molecule has 3 heteroatoms. The molecule has 0 atom stereocenters. The van der Waals surface area contributed by atoms with Crippen molar-refractivity contribution < 1.29 is 0 Å². The predicted molar refractivity (Wildman–Crippen MR) is 100 cm³/mol. The molecule has 0 fully saturated rings. The van der Waals surface area contributed by atoms with E-state index < -0.39 is 0 Å². The first kappa shape index (κ1) is 16.0. The van der Waals surface area contributed by atoms with E-state index in [0.29, 0.717) is 0 Å². The number of aromatic nitrogens is 1. The number of pyridine rings is 1. The van der Waals surface area contributed by atoms with Crippen LogP contribution >= 0.6 is 11.8 Å². The molecule has 0 bridgehead atoms. The van der Waals surface area contributed by atoms with Crippen molar-refractivity contribution in [2.75, 3.05) is 26.4 Å². The molecule has 0 spiro atoms. The van der Waals surface area contributed by atoms with Gasteiger partial charge in [0.25, 0.3) is 0 Å². The Labute approximate surface area is 142 Å². The second kappa shape index (κ2) is 7.62. The molecule has 2 aromatic carbocycles. The van der Waals surface area contributed by atoms with Gasteiger partial charge in [-0.2, -0.15) is 0 Å². The van der Waals surface area contributed by atoms with E-state index in [2.05, 4.69) is 79.7 Å². The van der Waals surface area contributed by atoms with Crippen molar-refractivity contribution in [2.24, 2.45) is 0 Å². The number of hydrogen-bond donors (Lipinski definition) is 0. The Bertz CT molecular complexity index is 769. The molecule has 0 radical (unpaired) electrons. The van der Waals surface area contributed by atoms with E-state index in [1.165, 1.54) is 16.5 Å². The fourth-order valence-electron chi connectivity index (χ4n) is 2.53. The third kappa shape index (κ3) is 4.34. The summed E-state index contributed by atoms with van der Waals surface area (Å²) in [5, 5.41) is 2.38. The maximum atomic E-state index is 4.91. The van der Waals surface area contributed by atoms with Crippen molar-refractivity contribution >= 4 is 22.7 Å². The maximum absolute atomic E-state index is 4.91. The number of rotatable bonds is 6. The van der Waals surface area contributed by atoms with Crippen LogP contribution in [0.5, 0.6) is 0 Å². The largest absolute Gasteiger partial charge is 0.309 e. The normalized spacial score (nSPS) is 11.3. The Balaban J connectivity index is 1.91. The van der Waals surface area contributed by atoms with Gasteiger partial charge in [-0.15, -0.1) is 11.8 Å². The molecule has 3 rings (SSSR count). The van der Waals surface area contributed by atoms with Crippen LogP contribution in [-0.2, 0) is 6.42 Å². The topological polar surface area (TPSA) is 16.1 Å². The van der Waals surface area contributed by atoms with Crippen LogP contribution in [0.15, 0.2) is 65.7 Å². The SMILES string of the molecule is CN(C)CCSc1nc2ccccc2cc1Cc1ccccc1. The third-order valence-electron chi connectivity index (χ3n) is 3.78. The minimum atomic E-state index is 0.934. The molecule has 0 aliphatic carbocycles. The molecule has 0 aliphatic heterocycles. The van der Waals surface area contributed by atoms with E-state index in [1.807, 2.05) is 11.8 Å². The van der Waals surface area contributed by atoms with Gasteiger partial charge in [0, 0.05) is 24.1 Å². The maximum Gasteiger partial charge on any atom is 0.100 e. The number of para-hydroxylation sites is 1. The van der Waals surface area contributed by atoms with E-state index in [9.17, 15) is 0 Å². The molecule has 0 saturated heterocycles. The van der Waals surface area contributed by atoms with E-state index in [-0.39, 0.29) is 0 Å². The summed E-state index contributed by atoms with van der Waals surface area (Å²) in [7, 11) is 4.22. The molecule has 23 heavy (non-hydrogen) atoms. The Kier molecular flexibility index (Phi) is 5.31.